The third kappa shape index (κ3) is 4.33. The zero-order chi connectivity index (χ0) is 13.1. The summed E-state index contributed by atoms with van der Waals surface area (Å²) in [6.45, 7) is 0. The van der Waals surface area contributed by atoms with E-state index in [1.54, 1.807) is 18.2 Å². The number of ketones is 1. The standard InChI is InChI=1S/C10H7F3INO2/c11-10(12,13)8(16)5-9(17)15-7-4-2-1-3-6(7)14/h1-4H,5H2,(H,15,17). The number of rotatable bonds is 3. The minimum Gasteiger partial charge on any atom is -0.325 e. The minimum absolute atomic E-state index is 0.382. The van der Waals surface area contributed by atoms with E-state index < -0.39 is 24.3 Å². The van der Waals surface area contributed by atoms with Crippen LogP contribution in [0.2, 0.25) is 0 Å². The normalized spacial score (nSPS) is 11.1. The molecule has 92 valence electrons. The van der Waals surface area contributed by atoms with Gasteiger partial charge in [-0.15, -0.1) is 0 Å². The average molecular weight is 357 g/mol. The predicted molar refractivity (Wildman–Crippen MR) is 63.5 cm³/mol. The second kappa shape index (κ2) is 5.48. The molecule has 0 saturated heterocycles. The molecule has 0 aliphatic rings. The highest BCUT2D eigenvalue weighted by atomic mass is 127. The number of hydrogen-bond acceptors (Lipinski definition) is 2. The molecule has 0 aliphatic carbocycles. The number of amides is 1. The van der Waals surface area contributed by atoms with Crippen molar-refractivity contribution in [3.63, 3.8) is 0 Å². The van der Waals surface area contributed by atoms with Crippen molar-refractivity contribution in [1.82, 2.24) is 0 Å². The average Bonchev–Trinajstić information content (AvgIpc) is 2.20. The van der Waals surface area contributed by atoms with E-state index in [1.807, 2.05) is 22.6 Å². The van der Waals surface area contributed by atoms with Gasteiger partial charge in [-0.25, -0.2) is 0 Å². The van der Waals surface area contributed by atoms with Gasteiger partial charge in [0.25, 0.3) is 0 Å². The number of halogens is 4. The summed E-state index contributed by atoms with van der Waals surface area (Å²) in [4.78, 5) is 21.7. The molecule has 0 aliphatic heterocycles. The fourth-order valence-corrected chi connectivity index (χ4v) is 1.53. The molecule has 0 radical (unpaired) electrons. The molecule has 3 nitrogen and oxygen atoms in total. The van der Waals surface area contributed by atoms with Crippen molar-refractivity contribution in [3.8, 4) is 0 Å². The van der Waals surface area contributed by atoms with Crippen molar-refractivity contribution in [2.24, 2.45) is 0 Å². The third-order valence-corrected chi connectivity index (χ3v) is 2.73. The van der Waals surface area contributed by atoms with Crippen LogP contribution in [0.3, 0.4) is 0 Å². The molecule has 0 atom stereocenters. The fraction of sp³-hybridized carbons (Fsp3) is 0.200. The molecule has 0 heterocycles. The number of anilines is 1. The number of carbonyl (C=O) groups is 2. The zero-order valence-electron chi connectivity index (χ0n) is 8.34. The predicted octanol–water partition coefficient (Wildman–Crippen LogP) is 2.75. The van der Waals surface area contributed by atoms with Crippen LogP contribution in [0.15, 0.2) is 24.3 Å². The monoisotopic (exact) mass is 357 g/mol. The summed E-state index contributed by atoms with van der Waals surface area (Å²) < 4.78 is 36.4. The maximum Gasteiger partial charge on any atom is 0.450 e. The molecule has 0 fully saturated rings. The molecule has 17 heavy (non-hydrogen) atoms. The van der Waals surface area contributed by atoms with E-state index in [9.17, 15) is 22.8 Å². The number of nitrogens with one attached hydrogen (secondary N) is 1. The molecule has 1 aromatic carbocycles. The molecule has 1 aromatic rings. The Balaban J connectivity index is 2.63. The van der Waals surface area contributed by atoms with Crippen molar-refractivity contribution in [2.75, 3.05) is 5.32 Å². The van der Waals surface area contributed by atoms with E-state index in [4.69, 9.17) is 0 Å². The van der Waals surface area contributed by atoms with Gasteiger partial charge in [0, 0.05) is 3.57 Å². The molecule has 1 amide bonds. The minimum atomic E-state index is -4.97. The summed E-state index contributed by atoms with van der Waals surface area (Å²) in [6, 6.07) is 6.57. The SMILES string of the molecule is O=C(CC(=O)C(F)(F)F)Nc1ccccc1I. The molecular formula is C10H7F3INO2. The first-order valence-electron chi connectivity index (χ1n) is 4.45. The van der Waals surface area contributed by atoms with Crippen LogP contribution >= 0.6 is 22.6 Å². The summed E-state index contributed by atoms with van der Waals surface area (Å²) in [5.74, 6) is -3.03. The Kier molecular flexibility index (Phi) is 4.49. The van der Waals surface area contributed by atoms with Gasteiger partial charge >= 0.3 is 6.18 Å². The molecular weight excluding hydrogens is 350 g/mol. The van der Waals surface area contributed by atoms with E-state index in [0.717, 1.165) is 0 Å². The van der Waals surface area contributed by atoms with E-state index in [2.05, 4.69) is 5.32 Å². The Morgan fingerprint density at radius 2 is 1.82 bits per heavy atom. The second-order valence-corrected chi connectivity index (χ2v) is 4.29. The molecule has 0 unspecified atom stereocenters. The summed E-state index contributed by atoms with van der Waals surface area (Å²) >= 11 is 1.92. The first-order valence-corrected chi connectivity index (χ1v) is 5.53. The highest BCUT2D eigenvalue weighted by Crippen LogP contribution is 2.20. The van der Waals surface area contributed by atoms with Gasteiger partial charge in [-0.05, 0) is 34.7 Å². The van der Waals surface area contributed by atoms with E-state index in [0.29, 0.717) is 9.26 Å². The van der Waals surface area contributed by atoms with E-state index in [1.165, 1.54) is 6.07 Å². The lowest BCUT2D eigenvalue weighted by Crippen LogP contribution is -2.28. The lowest BCUT2D eigenvalue weighted by Gasteiger charge is -2.07. The lowest BCUT2D eigenvalue weighted by molar-refractivity contribution is -0.171. The third-order valence-electron chi connectivity index (χ3n) is 1.79. The van der Waals surface area contributed by atoms with Gasteiger partial charge in [-0.2, -0.15) is 13.2 Å². The second-order valence-electron chi connectivity index (χ2n) is 3.13. The number of para-hydroxylation sites is 1. The Labute approximate surface area is 109 Å². The fourth-order valence-electron chi connectivity index (χ4n) is 1.00. The first kappa shape index (κ1) is 13.9. The van der Waals surface area contributed by atoms with Gasteiger partial charge < -0.3 is 5.32 Å². The van der Waals surface area contributed by atoms with Gasteiger partial charge in [0.15, 0.2) is 0 Å². The van der Waals surface area contributed by atoms with E-state index >= 15 is 0 Å². The summed E-state index contributed by atoms with van der Waals surface area (Å²) in [6.07, 6.45) is -6.17. The van der Waals surface area contributed by atoms with Crippen molar-refractivity contribution in [3.05, 3.63) is 27.8 Å². The number of alkyl halides is 3. The van der Waals surface area contributed by atoms with Crippen LogP contribution in [0, 0.1) is 3.57 Å². The van der Waals surface area contributed by atoms with Crippen molar-refractivity contribution in [1.29, 1.82) is 0 Å². The lowest BCUT2D eigenvalue weighted by atomic mass is 10.2. The molecule has 0 spiro atoms. The van der Waals surface area contributed by atoms with Gasteiger partial charge in [-0.1, -0.05) is 12.1 Å². The number of benzene rings is 1. The van der Waals surface area contributed by atoms with Crippen LogP contribution in [-0.4, -0.2) is 17.9 Å². The maximum absolute atomic E-state index is 11.9. The van der Waals surface area contributed by atoms with Crippen molar-refractivity contribution in [2.45, 2.75) is 12.6 Å². The smallest absolute Gasteiger partial charge is 0.325 e. The van der Waals surface area contributed by atoms with Gasteiger partial charge in [0.05, 0.1) is 12.1 Å². The summed E-state index contributed by atoms with van der Waals surface area (Å²) in [5, 5.41) is 2.25. The Hall–Kier alpha value is -1.12. The van der Waals surface area contributed by atoms with Crippen LogP contribution in [-0.2, 0) is 9.59 Å². The quantitative estimate of drug-likeness (QED) is 0.668. The Bertz CT molecular complexity index is 445. The van der Waals surface area contributed by atoms with Crippen LogP contribution in [0.1, 0.15) is 6.42 Å². The van der Waals surface area contributed by atoms with Crippen LogP contribution in [0.5, 0.6) is 0 Å². The molecule has 0 bridgehead atoms. The molecule has 0 aromatic heterocycles. The Morgan fingerprint density at radius 3 is 2.35 bits per heavy atom. The topological polar surface area (TPSA) is 46.2 Å². The summed E-state index contributed by atoms with van der Waals surface area (Å²) in [7, 11) is 0. The molecule has 0 saturated carbocycles. The van der Waals surface area contributed by atoms with Gasteiger partial charge in [0.2, 0.25) is 11.7 Å². The van der Waals surface area contributed by atoms with Crippen LogP contribution < -0.4 is 5.32 Å². The van der Waals surface area contributed by atoms with E-state index in [-0.39, 0.29) is 0 Å². The van der Waals surface area contributed by atoms with Crippen LogP contribution in [0.4, 0.5) is 18.9 Å². The number of Topliss-reactive ketones (excluding diaryl/α,β-unsaturated/α-hetero) is 1. The van der Waals surface area contributed by atoms with Gasteiger partial charge in [-0.3, -0.25) is 9.59 Å². The summed E-state index contributed by atoms with van der Waals surface area (Å²) in [5.41, 5.74) is 0.382. The zero-order valence-corrected chi connectivity index (χ0v) is 10.5. The maximum atomic E-state index is 11.9. The highest BCUT2D eigenvalue weighted by molar-refractivity contribution is 14.1. The largest absolute Gasteiger partial charge is 0.450 e. The Morgan fingerprint density at radius 1 is 1.24 bits per heavy atom. The molecule has 1 N–H and O–H groups in total. The van der Waals surface area contributed by atoms with Crippen molar-refractivity contribution < 1.29 is 22.8 Å². The van der Waals surface area contributed by atoms with Crippen LogP contribution in [0.25, 0.3) is 0 Å². The molecule has 1 rings (SSSR count). The van der Waals surface area contributed by atoms with Crippen molar-refractivity contribution >= 4 is 40.0 Å². The number of carbonyl (C=O) groups excluding carboxylic acids is 2. The van der Waals surface area contributed by atoms with Gasteiger partial charge in [0.1, 0.15) is 0 Å². The first-order chi connectivity index (χ1) is 7.80. The number of hydrogen-bond donors (Lipinski definition) is 1. The molecule has 7 heteroatoms. The highest BCUT2D eigenvalue weighted by Gasteiger charge is 2.39.